The molecule has 0 aliphatic carbocycles. The number of carbonyl (C=O) groups is 1. The molecule has 0 fully saturated rings. The van der Waals surface area contributed by atoms with Crippen LogP contribution in [-0.2, 0) is 24.2 Å². The summed E-state index contributed by atoms with van der Waals surface area (Å²) >= 11 is 0. The van der Waals surface area contributed by atoms with Crippen LogP contribution in [0.25, 0.3) is 0 Å². The molecule has 7 heteroatoms. The van der Waals surface area contributed by atoms with E-state index in [4.69, 9.17) is 0 Å². The number of alkyl halides is 3. The second-order valence-electron chi connectivity index (χ2n) is 6.51. The van der Waals surface area contributed by atoms with Gasteiger partial charge in [-0.15, -0.1) is 13.2 Å². The highest BCUT2D eigenvalue weighted by Gasteiger charge is 2.30. The van der Waals surface area contributed by atoms with E-state index in [0.29, 0.717) is 12.1 Å². The number of halogens is 3. The molecule has 27 heavy (non-hydrogen) atoms. The monoisotopic (exact) mass is 378 g/mol. The van der Waals surface area contributed by atoms with E-state index < -0.39 is 6.36 Å². The van der Waals surface area contributed by atoms with Crippen LogP contribution in [0.4, 0.5) is 13.2 Å². The fraction of sp³-hybridized carbons (Fsp3) is 0.350. The number of nitrogens with one attached hydrogen (secondary N) is 1. The van der Waals surface area contributed by atoms with Gasteiger partial charge in [0.25, 0.3) is 0 Å². The minimum atomic E-state index is -4.71. The first kappa shape index (κ1) is 19.2. The largest absolute Gasteiger partial charge is 0.573 e. The molecular formula is C20H21F3N2O2. The summed E-state index contributed by atoms with van der Waals surface area (Å²) in [7, 11) is 0. The highest BCUT2D eigenvalue weighted by Crippen LogP contribution is 2.23. The van der Waals surface area contributed by atoms with Gasteiger partial charge in [-0.1, -0.05) is 36.4 Å². The van der Waals surface area contributed by atoms with E-state index in [1.54, 1.807) is 0 Å². The van der Waals surface area contributed by atoms with Gasteiger partial charge in [0, 0.05) is 26.2 Å². The molecule has 144 valence electrons. The van der Waals surface area contributed by atoms with Gasteiger partial charge in [-0.25, -0.2) is 0 Å². The maximum Gasteiger partial charge on any atom is 0.573 e. The number of amides is 1. The van der Waals surface area contributed by atoms with Crippen LogP contribution in [0.5, 0.6) is 5.75 Å². The lowest BCUT2D eigenvalue weighted by Crippen LogP contribution is -2.38. The van der Waals surface area contributed by atoms with Crippen molar-refractivity contribution in [3.05, 3.63) is 65.2 Å². The van der Waals surface area contributed by atoms with Gasteiger partial charge >= 0.3 is 6.36 Å². The Morgan fingerprint density at radius 3 is 2.48 bits per heavy atom. The first-order valence-corrected chi connectivity index (χ1v) is 8.79. The molecule has 1 aliphatic heterocycles. The molecule has 0 radical (unpaired) electrons. The van der Waals surface area contributed by atoms with Gasteiger partial charge < -0.3 is 10.1 Å². The Labute approximate surface area is 155 Å². The second kappa shape index (κ2) is 8.43. The first-order valence-electron chi connectivity index (χ1n) is 8.79. The van der Waals surface area contributed by atoms with Crippen molar-refractivity contribution in [2.24, 2.45) is 0 Å². The van der Waals surface area contributed by atoms with Crippen molar-refractivity contribution in [2.45, 2.75) is 25.7 Å². The summed E-state index contributed by atoms with van der Waals surface area (Å²) in [6.45, 7) is 3.15. The molecule has 1 N–H and O–H groups in total. The van der Waals surface area contributed by atoms with E-state index in [1.807, 2.05) is 6.07 Å². The molecule has 2 aromatic rings. The van der Waals surface area contributed by atoms with Crippen LogP contribution in [-0.4, -0.2) is 36.8 Å². The zero-order valence-corrected chi connectivity index (χ0v) is 14.8. The average molecular weight is 378 g/mol. The molecule has 0 aromatic heterocycles. The molecule has 0 bridgehead atoms. The van der Waals surface area contributed by atoms with Gasteiger partial charge in [0.1, 0.15) is 5.75 Å². The van der Waals surface area contributed by atoms with Crippen LogP contribution >= 0.6 is 0 Å². The van der Waals surface area contributed by atoms with Gasteiger partial charge in [0.05, 0.1) is 6.42 Å². The van der Waals surface area contributed by atoms with Gasteiger partial charge in [0.2, 0.25) is 5.91 Å². The zero-order chi connectivity index (χ0) is 19.3. The summed E-state index contributed by atoms with van der Waals surface area (Å²) in [6.07, 6.45) is -3.58. The highest BCUT2D eigenvalue weighted by molar-refractivity contribution is 5.78. The fourth-order valence-electron chi connectivity index (χ4n) is 3.16. The molecule has 2 aromatic carbocycles. The third kappa shape index (κ3) is 5.99. The van der Waals surface area contributed by atoms with Crippen molar-refractivity contribution >= 4 is 5.91 Å². The van der Waals surface area contributed by atoms with E-state index in [0.717, 1.165) is 26.1 Å². The Balaban J connectivity index is 1.40. The Morgan fingerprint density at radius 2 is 1.78 bits per heavy atom. The van der Waals surface area contributed by atoms with E-state index in [-0.39, 0.29) is 18.1 Å². The van der Waals surface area contributed by atoms with Crippen LogP contribution in [0.1, 0.15) is 16.7 Å². The predicted octanol–water partition coefficient (Wildman–Crippen LogP) is 3.30. The summed E-state index contributed by atoms with van der Waals surface area (Å²) < 4.78 is 40.2. The Kier molecular flexibility index (Phi) is 6.01. The van der Waals surface area contributed by atoms with Crippen LogP contribution < -0.4 is 10.1 Å². The summed E-state index contributed by atoms with van der Waals surface area (Å²) in [5.41, 5.74) is 3.35. The normalized spacial score (nSPS) is 14.5. The Bertz CT molecular complexity index is 776. The lowest BCUT2D eigenvalue weighted by Gasteiger charge is -2.28. The quantitative estimate of drug-likeness (QED) is 0.839. The molecule has 1 heterocycles. The minimum Gasteiger partial charge on any atom is -0.406 e. The van der Waals surface area contributed by atoms with Crippen molar-refractivity contribution in [3.8, 4) is 5.75 Å². The molecule has 0 saturated heterocycles. The number of fused-ring (bicyclic) bond motifs is 1. The topological polar surface area (TPSA) is 41.6 Å². The molecular weight excluding hydrogens is 357 g/mol. The molecule has 4 nitrogen and oxygen atoms in total. The van der Waals surface area contributed by atoms with Crippen molar-refractivity contribution in [1.82, 2.24) is 10.2 Å². The molecule has 0 spiro atoms. The summed E-state index contributed by atoms with van der Waals surface area (Å²) in [5.74, 6) is -0.450. The molecule has 0 unspecified atom stereocenters. The third-order valence-corrected chi connectivity index (χ3v) is 4.48. The predicted molar refractivity (Wildman–Crippen MR) is 95.3 cm³/mol. The van der Waals surface area contributed by atoms with Crippen LogP contribution in [0.15, 0.2) is 48.5 Å². The van der Waals surface area contributed by atoms with Crippen molar-refractivity contribution in [1.29, 1.82) is 0 Å². The average Bonchev–Trinajstić information content (AvgIpc) is 2.62. The first-order chi connectivity index (χ1) is 12.9. The SMILES string of the molecule is O=C(Cc1ccc(OC(F)(F)F)cc1)NCCN1CCc2ccccc2C1. The van der Waals surface area contributed by atoms with Crippen LogP contribution in [0, 0.1) is 0 Å². The molecule has 0 atom stereocenters. The summed E-state index contributed by atoms with van der Waals surface area (Å²) in [6, 6.07) is 13.7. The third-order valence-electron chi connectivity index (χ3n) is 4.48. The highest BCUT2D eigenvalue weighted by atomic mass is 19.4. The standard InChI is InChI=1S/C20H21F3N2O2/c21-20(22,23)27-18-7-5-15(6-8-18)13-19(26)24-10-12-25-11-9-16-3-1-2-4-17(16)14-25/h1-8H,9-14H2,(H,24,26). The molecule has 0 saturated carbocycles. The number of carbonyl (C=O) groups excluding carboxylic acids is 1. The molecule has 1 amide bonds. The number of rotatable bonds is 6. The maximum absolute atomic E-state index is 12.1. The van der Waals surface area contributed by atoms with Gasteiger partial charge in [-0.3, -0.25) is 9.69 Å². The Morgan fingerprint density at radius 1 is 1.07 bits per heavy atom. The van der Waals surface area contributed by atoms with E-state index in [9.17, 15) is 18.0 Å². The summed E-state index contributed by atoms with van der Waals surface area (Å²) in [5, 5.41) is 2.86. The van der Waals surface area contributed by atoms with Crippen molar-refractivity contribution in [3.63, 3.8) is 0 Å². The number of hydrogen-bond acceptors (Lipinski definition) is 3. The van der Waals surface area contributed by atoms with Gasteiger partial charge in [-0.05, 0) is 35.2 Å². The minimum absolute atomic E-state index is 0.120. The van der Waals surface area contributed by atoms with Gasteiger partial charge in [-0.2, -0.15) is 0 Å². The van der Waals surface area contributed by atoms with Crippen molar-refractivity contribution in [2.75, 3.05) is 19.6 Å². The smallest absolute Gasteiger partial charge is 0.406 e. The fourth-order valence-corrected chi connectivity index (χ4v) is 3.16. The number of ether oxygens (including phenoxy) is 1. The zero-order valence-electron chi connectivity index (χ0n) is 14.8. The summed E-state index contributed by atoms with van der Waals surface area (Å²) in [4.78, 5) is 14.3. The maximum atomic E-state index is 12.1. The number of nitrogens with zero attached hydrogens (tertiary/aromatic N) is 1. The Hall–Kier alpha value is -2.54. The lowest BCUT2D eigenvalue weighted by molar-refractivity contribution is -0.274. The van der Waals surface area contributed by atoms with E-state index in [1.165, 1.54) is 35.4 Å². The van der Waals surface area contributed by atoms with E-state index >= 15 is 0 Å². The number of benzene rings is 2. The van der Waals surface area contributed by atoms with Crippen LogP contribution in [0.3, 0.4) is 0 Å². The second-order valence-corrected chi connectivity index (χ2v) is 6.51. The lowest BCUT2D eigenvalue weighted by atomic mass is 10.00. The van der Waals surface area contributed by atoms with Crippen molar-refractivity contribution < 1.29 is 22.7 Å². The van der Waals surface area contributed by atoms with Crippen LogP contribution in [0.2, 0.25) is 0 Å². The van der Waals surface area contributed by atoms with E-state index in [2.05, 4.69) is 33.2 Å². The van der Waals surface area contributed by atoms with Gasteiger partial charge in [0.15, 0.2) is 0 Å². The number of hydrogen-bond donors (Lipinski definition) is 1. The molecule has 1 aliphatic rings. The molecule has 3 rings (SSSR count).